The molecule has 0 atom stereocenters. The molecule has 6 heteroatoms. The highest BCUT2D eigenvalue weighted by atomic mass is 19.1. The van der Waals surface area contributed by atoms with E-state index >= 15 is 0 Å². The van der Waals surface area contributed by atoms with Crippen molar-refractivity contribution in [2.45, 2.75) is 57.8 Å². The van der Waals surface area contributed by atoms with Gasteiger partial charge in [0.25, 0.3) is 11.8 Å². The number of benzene rings is 2. The molecule has 1 aliphatic rings. The highest BCUT2D eigenvalue weighted by molar-refractivity contribution is 6.21. The van der Waals surface area contributed by atoms with Crippen molar-refractivity contribution in [3.05, 3.63) is 65.5 Å². The fraction of sp³-hybridized carbons (Fsp3) is 0.400. The van der Waals surface area contributed by atoms with Gasteiger partial charge < -0.3 is 5.32 Å². The van der Waals surface area contributed by atoms with Crippen LogP contribution in [0.1, 0.15) is 78.5 Å². The van der Waals surface area contributed by atoms with Crippen LogP contribution in [0.4, 0.5) is 10.1 Å². The first-order valence-corrected chi connectivity index (χ1v) is 11.1. The van der Waals surface area contributed by atoms with Gasteiger partial charge in [-0.3, -0.25) is 19.3 Å². The molecule has 0 radical (unpaired) electrons. The molecule has 0 aromatic heterocycles. The van der Waals surface area contributed by atoms with E-state index in [0.29, 0.717) is 29.8 Å². The van der Waals surface area contributed by atoms with E-state index in [9.17, 15) is 18.8 Å². The SMILES string of the molecule is O=C(CCCCCCCCCCN1C(=O)c2ccccc2C1=O)Nc1ccc(F)cc1. The van der Waals surface area contributed by atoms with E-state index in [4.69, 9.17) is 0 Å². The normalized spacial score (nSPS) is 12.9. The Balaban J connectivity index is 1.18. The van der Waals surface area contributed by atoms with Crippen molar-refractivity contribution in [2.75, 3.05) is 11.9 Å². The summed E-state index contributed by atoms with van der Waals surface area (Å²) in [5, 5.41) is 2.77. The average Bonchev–Trinajstić information content (AvgIpc) is 3.01. The van der Waals surface area contributed by atoms with Crippen molar-refractivity contribution < 1.29 is 18.8 Å². The molecule has 3 rings (SSSR count). The molecule has 164 valence electrons. The van der Waals surface area contributed by atoms with Gasteiger partial charge in [0.05, 0.1) is 11.1 Å². The lowest BCUT2D eigenvalue weighted by molar-refractivity contribution is -0.116. The highest BCUT2D eigenvalue weighted by Crippen LogP contribution is 2.23. The molecule has 0 fully saturated rings. The minimum absolute atomic E-state index is 0.0419. The summed E-state index contributed by atoms with van der Waals surface area (Å²) in [6.07, 6.45) is 8.53. The molecule has 0 aliphatic carbocycles. The minimum atomic E-state index is -0.318. The van der Waals surface area contributed by atoms with Crippen LogP contribution in [-0.4, -0.2) is 29.2 Å². The second-order valence-corrected chi connectivity index (χ2v) is 7.94. The molecule has 0 unspecified atom stereocenters. The fourth-order valence-corrected chi connectivity index (χ4v) is 3.82. The van der Waals surface area contributed by atoms with E-state index in [1.807, 2.05) is 0 Å². The van der Waals surface area contributed by atoms with Crippen molar-refractivity contribution in [1.82, 2.24) is 4.90 Å². The number of unbranched alkanes of at least 4 members (excludes halogenated alkanes) is 7. The molecule has 0 saturated carbocycles. The largest absolute Gasteiger partial charge is 0.326 e. The Morgan fingerprint density at radius 1 is 0.742 bits per heavy atom. The smallest absolute Gasteiger partial charge is 0.261 e. The number of nitrogens with one attached hydrogen (secondary N) is 1. The van der Waals surface area contributed by atoms with E-state index in [-0.39, 0.29) is 23.5 Å². The molecular weight excluding hydrogens is 395 g/mol. The first-order chi connectivity index (χ1) is 15.1. The standard InChI is InChI=1S/C25H29FN2O3/c26-19-14-16-20(17-15-19)27-23(29)13-7-5-3-1-2-4-6-10-18-28-24(30)21-11-8-9-12-22(21)25(28)31/h8-9,11-12,14-17H,1-7,10,13,18H2,(H,27,29). The van der Waals surface area contributed by atoms with Gasteiger partial charge in [0.2, 0.25) is 5.91 Å². The van der Waals surface area contributed by atoms with Crippen LogP contribution in [0, 0.1) is 5.82 Å². The zero-order valence-electron chi connectivity index (χ0n) is 17.7. The van der Waals surface area contributed by atoms with Crippen LogP contribution in [0.5, 0.6) is 0 Å². The summed E-state index contributed by atoms with van der Waals surface area (Å²) >= 11 is 0. The van der Waals surface area contributed by atoms with Crippen molar-refractivity contribution >= 4 is 23.4 Å². The zero-order valence-corrected chi connectivity index (χ0v) is 17.7. The molecule has 5 nitrogen and oxygen atoms in total. The van der Waals surface area contributed by atoms with Crippen molar-refractivity contribution in [1.29, 1.82) is 0 Å². The maximum atomic E-state index is 12.9. The van der Waals surface area contributed by atoms with Gasteiger partial charge in [-0.1, -0.05) is 50.7 Å². The van der Waals surface area contributed by atoms with Crippen LogP contribution in [0.15, 0.2) is 48.5 Å². The maximum absolute atomic E-state index is 12.9. The number of carbonyl (C=O) groups excluding carboxylic acids is 3. The number of rotatable bonds is 12. The Kier molecular flexibility index (Phi) is 8.33. The summed E-state index contributed by atoms with van der Waals surface area (Å²) in [5.74, 6) is -0.713. The lowest BCUT2D eigenvalue weighted by atomic mass is 10.1. The zero-order chi connectivity index (χ0) is 22.1. The van der Waals surface area contributed by atoms with Crippen LogP contribution < -0.4 is 5.32 Å². The van der Waals surface area contributed by atoms with Gasteiger partial charge >= 0.3 is 0 Å². The number of imide groups is 1. The van der Waals surface area contributed by atoms with E-state index in [2.05, 4.69) is 5.32 Å². The van der Waals surface area contributed by atoms with Crippen molar-refractivity contribution in [3.8, 4) is 0 Å². The first kappa shape index (κ1) is 22.7. The van der Waals surface area contributed by atoms with Gasteiger partial charge in [-0.05, 0) is 49.2 Å². The molecular formula is C25H29FN2O3. The quantitative estimate of drug-likeness (QED) is 0.358. The fourth-order valence-electron chi connectivity index (χ4n) is 3.82. The molecule has 1 N–H and O–H groups in total. The Bertz CT molecular complexity index is 876. The number of hydrogen-bond acceptors (Lipinski definition) is 3. The van der Waals surface area contributed by atoms with Gasteiger partial charge in [0.15, 0.2) is 0 Å². The molecule has 0 bridgehead atoms. The van der Waals surface area contributed by atoms with Crippen molar-refractivity contribution in [3.63, 3.8) is 0 Å². The topological polar surface area (TPSA) is 66.5 Å². The summed E-state index contributed by atoms with van der Waals surface area (Å²) in [4.78, 5) is 37.8. The second kappa shape index (κ2) is 11.4. The highest BCUT2D eigenvalue weighted by Gasteiger charge is 2.34. The third kappa shape index (κ3) is 6.48. The monoisotopic (exact) mass is 424 g/mol. The lowest BCUT2D eigenvalue weighted by Gasteiger charge is -2.13. The summed E-state index contributed by atoms with van der Waals surface area (Å²) in [6, 6.07) is 12.8. The summed E-state index contributed by atoms with van der Waals surface area (Å²) in [5.41, 5.74) is 1.64. The number of anilines is 1. The lowest BCUT2D eigenvalue weighted by Crippen LogP contribution is -2.30. The molecule has 2 aromatic carbocycles. The first-order valence-electron chi connectivity index (χ1n) is 11.1. The summed E-state index contributed by atoms with van der Waals surface area (Å²) in [6.45, 7) is 0.482. The number of carbonyl (C=O) groups is 3. The van der Waals surface area contributed by atoms with Gasteiger partial charge in [-0.15, -0.1) is 0 Å². The second-order valence-electron chi connectivity index (χ2n) is 7.94. The molecule has 2 aromatic rings. The van der Waals surface area contributed by atoms with Gasteiger partial charge in [-0.2, -0.15) is 0 Å². The molecule has 0 saturated heterocycles. The predicted molar refractivity (Wildman–Crippen MR) is 118 cm³/mol. The van der Waals surface area contributed by atoms with E-state index in [1.54, 1.807) is 36.4 Å². The summed E-state index contributed by atoms with van der Waals surface area (Å²) < 4.78 is 12.9. The predicted octanol–water partition coefficient (Wildman–Crippen LogP) is 5.57. The molecule has 1 heterocycles. The number of amides is 3. The number of hydrogen-bond donors (Lipinski definition) is 1. The van der Waals surface area contributed by atoms with Crippen LogP contribution in [-0.2, 0) is 4.79 Å². The number of halogens is 1. The molecule has 0 spiro atoms. The average molecular weight is 425 g/mol. The van der Waals surface area contributed by atoms with E-state index in [0.717, 1.165) is 51.4 Å². The Labute approximate surface area is 182 Å². The number of fused-ring (bicyclic) bond motifs is 1. The van der Waals surface area contributed by atoms with Crippen LogP contribution >= 0.6 is 0 Å². The third-order valence-electron chi connectivity index (χ3n) is 5.54. The molecule has 31 heavy (non-hydrogen) atoms. The molecule has 1 aliphatic heterocycles. The molecule has 3 amide bonds. The Hall–Kier alpha value is -3.02. The van der Waals surface area contributed by atoms with E-state index < -0.39 is 0 Å². The maximum Gasteiger partial charge on any atom is 0.261 e. The van der Waals surface area contributed by atoms with Gasteiger partial charge in [0, 0.05) is 18.7 Å². The van der Waals surface area contributed by atoms with E-state index in [1.165, 1.54) is 17.0 Å². The third-order valence-corrected chi connectivity index (χ3v) is 5.54. The van der Waals surface area contributed by atoms with Crippen LogP contribution in [0.25, 0.3) is 0 Å². The summed E-state index contributed by atoms with van der Waals surface area (Å²) in [7, 11) is 0. The van der Waals surface area contributed by atoms with Crippen molar-refractivity contribution in [2.24, 2.45) is 0 Å². The van der Waals surface area contributed by atoms with Gasteiger partial charge in [0.1, 0.15) is 5.82 Å². The minimum Gasteiger partial charge on any atom is -0.326 e. The Morgan fingerprint density at radius 2 is 1.26 bits per heavy atom. The van der Waals surface area contributed by atoms with Crippen LogP contribution in [0.2, 0.25) is 0 Å². The van der Waals surface area contributed by atoms with Gasteiger partial charge in [-0.25, -0.2) is 4.39 Å². The Morgan fingerprint density at radius 3 is 1.84 bits per heavy atom. The van der Waals surface area contributed by atoms with Crippen LogP contribution in [0.3, 0.4) is 0 Å². The number of nitrogens with zero attached hydrogens (tertiary/aromatic N) is 1.